The molecule has 2 N–H and O–H groups in total. The van der Waals surface area contributed by atoms with Crippen LogP contribution in [0.2, 0.25) is 10.0 Å². The molecule has 1 aromatic carbocycles. The molecule has 2 rings (SSSR count). The summed E-state index contributed by atoms with van der Waals surface area (Å²) >= 11 is 13.7. The second-order valence-electron chi connectivity index (χ2n) is 4.26. The number of rotatable bonds is 4. The smallest absolute Gasteiger partial charge is 0.0427 e. The second kappa shape index (κ2) is 6.07. The standard InChI is InChI=1S/C14H15Cl2NS/c1-2-3-12(17)14-5-4-13(18-14)9-6-10(15)8-11(16)7-9/h4-8,12H,2-3,17H2,1H3. The fourth-order valence-corrected chi connectivity index (χ4v) is 3.41. The van der Waals surface area contributed by atoms with Crippen molar-refractivity contribution in [1.82, 2.24) is 0 Å². The molecule has 1 unspecified atom stereocenters. The Kier molecular flexibility index (Phi) is 4.68. The first-order valence-electron chi connectivity index (χ1n) is 5.92. The van der Waals surface area contributed by atoms with Crippen LogP contribution in [-0.4, -0.2) is 0 Å². The Bertz CT molecular complexity index is 516. The third kappa shape index (κ3) is 3.27. The summed E-state index contributed by atoms with van der Waals surface area (Å²) in [7, 11) is 0. The molecule has 0 bridgehead atoms. The van der Waals surface area contributed by atoms with Crippen molar-refractivity contribution in [3.05, 3.63) is 45.3 Å². The number of benzene rings is 1. The van der Waals surface area contributed by atoms with Crippen LogP contribution in [0.3, 0.4) is 0 Å². The van der Waals surface area contributed by atoms with Crippen molar-refractivity contribution in [2.24, 2.45) is 5.73 Å². The maximum atomic E-state index is 6.12. The van der Waals surface area contributed by atoms with E-state index in [9.17, 15) is 0 Å². The maximum absolute atomic E-state index is 6.12. The molecule has 2 aromatic rings. The van der Waals surface area contributed by atoms with E-state index in [2.05, 4.69) is 19.1 Å². The van der Waals surface area contributed by atoms with E-state index < -0.39 is 0 Å². The highest BCUT2D eigenvalue weighted by Crippen LogP contribution is 2.34. The van der Waals surface area contributed by atoms with Crippen LogP contribution in [0.1, 0.15) is 30.7 Å². The summed E-state index contributed by atoms with van der Waals surface area (Å²) in [6.45, 7) is 2.14. The highest BCUT2D eigenvalue weighted by Gasteiger charge is 2.10. The fraction of sp³-hybridized carbons (Fsp3) is 0.286. The molecule has 0 fully saturated rings. The third-order valence-corrected chi connectivity index (χ3v) is 4.44. The normalized spacial score (nSPS) is 12.7. The molecular formula is C14H15Cl2NS. The van der Waals surface area contributed by atoms with E-state index >= 15 is 0 Å². The topological polar surface area (TPSA) is 26.0 Å². The molecular weight excluding hydrogens is 285 g/mol. The molecule has 0 radical (unpaired) electrons. The lowest BCUT2D eigenvalue weighted by atomic mass is 10.1. The minimum Gasteiger partial charge on any atom is -0.323 e. The monoisotopic (exact) mass is 299 g/mol. The predicted molar refractivity (Wildman–Crippen MR) is 81.6 cm³/mol. The highest BCUT2D eigenvalue weighted by molar-refractivity contribution is 7.15. The van der Waals surface area contributed by atoms with Gasteiger partial charge in [0.2, 0.25) is 0 Å². The van der Waals surface area contributed by atoms with Gasteiger partial charge in [-0.3, -0.25) is 0 Å². The third-order valence-electron chi connectivity index (χ3n) is 2.74. The average Bonchev–Trinajstić information content (AvgIpc) is 2.77. The molecule has 0 spiro atoms. The summed E-state index contributed by atoms with van der Waals surface area (Å²) in [5, 5.41) is 1.32. The summed E-state index contributed by atoms with van der Waals surface area (Å²) in [6.07, 6.45) is 2.10. The quantitative estimate of drug-likeness (QED) is 0.790. The molecule has 0 amide bonds. The zero-order valence-electron chi connectivity index (χ0n) is 10.1. The molecule has 96 valence electrons. The van der Waals surface area contributed by atoms with Gasteiger partial charge >= 0.3 is 0 Å². The van der Waals surface area contributed by atoms with Crippen LogP contribution in [-0.2, 0) is 0 Å². The lowest BCUT2D eigenvalue weighted by Crippen LogP contribution is -2.07. The van der Waals surface area contributed by atoms with Crippen molar-refractivity contribution in [1.29, 1.82) is 0 Å². The molecule has 1 atom stereocenters. The summed E-state index contributed by atoms with van der Waals surface area (Å²) in [6, 6.07) is 9.89. The van der Waals surface area contributed by atoms with Crippen LogP contribution < -0.4 is 5.73 Å². The Labute approximate surface area is 122 Å². The molecule has 18 heavy (non-hydrogen) atoms. The summed E-state index contributed by atoms with van der Waals surface area (Å²) in [5.74, 6) is 0. The summed E-state index contributed by atoms with van der Waals surface area (Å²) < 4.78 is 0. The predicted octanol–water partition coefficient (Wildman–Crippen LogP) is 5.52. The van der Waals surface area contributed by atoms with Gasteiger partial charge in [-0.25, -0.2) is 0 Å². The fourth-order valence-electron chi connectivity index (χ4n) is 1.86. The van der Waals surface area contributed by atoms with Crippen LogP contribution in [0.4, 0.5) is 0 Å². The van der Waals surface area contributed by atoms with Crippen LogP contribution >= 0.6 is 34.5 Å². The van der Waals surface area contributed by atoms with Gasteiger partial charge in [-0.15, -0.1) is 11.3 Å². The van der Waals surface area contributed by atoms with E-state index in [1.54, 1.807) is 17.4 Å². The van der Waals surface area contributed by atoms with Gasteiger partial charge in [0.15, 0.2) is 0 Å². The second-order valence-corrected chi connectivity index (χ2v) is 6.24. The van der Waals surface area contributed by atoms with Crippen molar-refractivity contribution in [3.63, 3.8) is 0 Å². The number of nitrogens with two attached hydrogens (primary N) is 1. The zero-order chi connectivity index (χ0) is 13.1. The molecule has 1 aromatic heterocycles. The largest absolute Gasteiger partial charge is 0.323 e. The molecule has 1 heterocycles. The average molecular weight is 300 g/mol. The minimum atomic E-state index is 0.128. The van der Waals surface area contributed by atoms with Gasteiger partial charge in [0.05, 0.1) is 0 Å². The van der Waals surface area contributed by atoms with Crippen LogP contribution in [0.25, 0.3) is 10.4 Å². The highest BCUT2D eigenvalue weighted by atomic mass is 35.5. The Morgan fingerprint density at radius 3 is 2.44 bits per heavy atom. The molecule has 4 heteroatoms. The minimum absolute atomic E-state index is 0.128. The molecule has 0 saturated heterocycles. The molecule has 0 saturated carbocycles. The number of halogens is 2. The first-order chi connectivity index (χ1) is 8.60. The summed E-state index contributed by atoms with van der Waals surface area (Å²) in [5.41, 5.74) is 7.16. The number of hydrogen-bond acceptors (Lipinski definition) is 2. The summed E-state index contributed by atoms with van der Waals surface area (Å²) in [4.78, 5) is 2.36. The van der Waals surface area contributed by atoms with Gasteiger partial charge in [0.1, 0.15) is 0 Å². The first-order valence-corrected chi connectivity index (χ1v) is 7.49. The maximum Gasteiger partial charge on any atom is 0.0427 e. The zero-order valence-corrected chi connectivity index (χ0v) is 12.4. The number of hydrogen-bond donors (Lipinski definition) is 1. The van der Waals surface area contributed by atoms with E-state index in [4.69, 9.17) is 28.9 Å². The molecule has 0 aliphatic carbocycles. The van der Waals surface area contributed by atoms with E-state index in [0.717, 1.165) is 23.3 Å². The van der Waals surface area contributed by atoms with Crippen molar-refractivity contribution < 1.29 is 0 Å². The van der Waals surface area contributed by atoms with Crippen molar-refractivity contribution >= 4 is 34.5 Å². The Morgan fingerprint density at radius 1 is 1.17 bits per heavy atom. The van der Waals surface area contributed by atoms with Gasteiger partial charge in [-0.05, 0) is 42.3 Å². The van der Waals surface area contributed by atoms with Crippen molar-refractivity contribution in [2.45, 2.75) is 25.8 Å². The van der Waals surface area contributed by atoms with E-state index in [1.165, 1.54) is 4.88 Å². The Morgan fingerprint density at radius 2 is 1.83 bits per heavy atom. The Balaban J connectivity index is 2.29. The van der Waals surface area contributed by atoms with Crippen molar-refractivity contribution in [2.75, 3.05) is 0 Å². The number of thiophene rings is 1. The SMILES string of the molecule is CCCC(N)c1ccc(-c2cc(Cl)cc(Cl)c2)s1. The van der Waals surface area contributed by atoms with Crippen molar-refractivity contribution in [3.8, 4) is 10.4 Å². The molecule has 0 aliphatic heterocycles. The first kappa shape index (κ1) is 13.9. The Hall–Kier alpha value is -0.540. The van der Waals surface area contributed by atoms with Gasteiger partial charge in [0.25, 0.3) is 0 Å². The lowest BCUT2D eigenvalue weighted by Gasteiger charge is -2.06. The van der Waals surface area contributed by atoms with Gasteiger partial charge in [-0.2, -0.15) is 0 Å². The van der Waals surface area contributed by atoms with Gasteiger partial charge in [-0.1, -0.05) is 36.5 Å². The lowest BCUT2D eigenvalue weighted by molar-refractivity contribution is 0.648. The van der Waals surface area contributed by atoms with Crippen LogP contribution in [0.15, 0.2) is 30.3 Å². The van der Waals surface area contributed by atoms with Crippen LogP contribution in [0, 0.1) is 0 Å². The van der Waals surface area contributed by atoms with Gasteiger partial charge < -0.3 is 5.73 Å². The van der Waals surface area contributed by atoms with E-state index in [-0.39, 0.29) is 6.04 Å². The molecule has 1 nitrogen and oxygen atoms in total. The van der Waals surface area contributed by atoms with E-state index in [0.29, 0.717) is 10.0 Å². The molecule has 0 aliphatic rings. The van der Waals surface area contributed by atoms with Crippen LogP contribution in [0.5, 0.6) is 0 Å². The van der Waals surface area contributed by atoms with E-state index in [1.807, 2.05) is 12.1 Å². The van der Waals surface area contributed by atoms with Gasteiger partial charge in [0, 0.05) is 25.8 Å².